The Hall–Kier alpha value is -1.15. The molecule has 0 aromatic carbocycles. The Morgan fingerprint density at radius 3 is 2.38 bits per heavy atom. The van der Waals surface area contributed by atoms with E-state index in [2.05, 4.69) is 56.1 Å². The molecule has 0 atom stereocenters. The van der Waals surface area contributed by atoms with Crippen LogP contribution in [0, 0.1) is 9.54 Å². The number of halogens is 1. The van der Waals surface area contributed by atoms with Gasteiger partial charge in [-0.1, -0.05) is 0 Å². The number of ketones is 1. The van der Waals surface area contributed by atoms with Crippen LogP contribution >= 0.6 is 34.5 Å². The Labute approximate surface area is 209 Å². The van der Waals surface area contributed by atoms with Gasteiger partial charge in [0.1, 0.15) is 0 Å². The summed E-state index contributed by atoms with van der Waals surface area (Å²) >= 11 is 23.8. The third kappa shape index (κ3) is 6.41. The number of Topliss-reactive ketones (excluding diaryl/α,β-unsaturated/α-hetero) is 1. The summed E-state index contributed by atoms with van der Waals surface area (Å²) in [7, 11) is 4.20. The number of H-pyrrole nitrogens is 2. The maximum absolute atomic E-state index is 12.6. The number of hydrogen-bond acceptors (Lipinski definition) is 9. The number of hydrogen-bond donors (Lipinski definition) is 3. The van der Waals surface area contributed by atoms with Crippen molar-refractivity contribution in [2.45, 2.75) is 17.2 Å². The Bertz CT molecular complexity index is 1130. The summed E-state index contributed by atoms with van der Waals surface area (Å²) in [6.07, 6.45) is 6.31. The fraction of sp³-hybridized carbons (Fsp3) is 0.0769. The zero-order chi connectivity index (χ0) is 20.8. The van der Waals surface area contributed by atoms with Crippen LogP contribution in [0.2, 0.25) is 0 Å². The van der Waals surface area contributed by atoms with Gasteiger partial charge in [0.2, 0.25) is 9.54 Å². The van der Waals surface area contributed by atoms with E-state index in [1.807, 2.05) is 6.92 Å². The van der Waals surface area contributed by atoms with Crippen molar-refractivity contribution in [2.24, 2.45) is 5.10 Å². The van der Waals surface area contributed by atoms with Gasteiger partial charge in [-0.15, -0.1) is 0 Å². The first-order valence-electron chi connectivity index (χ1n) is 7.13. The SMILES string of the molecule is CC1=C/C(=C/Nn2c([S-])n[nH]c2=S)C(=O)C(/C=N\n2c([S-])n[nH]c2=S)=C1.[Cl][Cu+].[Cu+]. The molecule has 0 aliphatic heterocycles. The van der Waals surface area contributed by atoms with Crippen LogP contribution in [0.25, 0.3) is 0 Å². The predicted octanol–water partition coefficient (Wildman–Crippen LogP) is 2.11. The fourth-order valence-corrected chi connectivity index (χ4v) is 2.92. The van der Waals surface area contributed by atoms with Gasteiger partial charge in [0, 0.05) is 27.7 Å². The number of carbonyl (C=O) groups is 1. The van der Waals surface area contributed by atoms with E-state index >= 15 is 0 Å². The van der Waals surface area contributed by atoms with Crippen LogP contribution in [0.5, 0.6) is 0 Å². The van der Waals surface area contributed by atoms with Crippen LogP contribution in [-0.2, 0) is 62.2 Å². The largest absolute Gasteiger partial charge is 1.00 e. The molecular weight excluding hydrogens is 575 g/mol. The van der Waals surface area contributed by atoms with E-state index in [4.69, 9.17) is 49.7 Å². The fourth-order valence-electron chi connectivity index (χ4n) is 2.06. The Kier molecular flexibility index (Phi) is 10.6. The van der Waals surface area contributed by atoms with Crippen LogP contribution in [0.1, 0.15) is 6.92 Å². The summed E-state index contributed by atoms with van der Waals surface area (Å²) in [5.41, 5.74) is 4.48. The van der Waals surface area contributed by atoms with Crippen LogP contribution in [0.15, 0.2) is 50.5 Å². The topological polar surface area (TPSA) is 109 Å². The van der Waals surface area contributed by atoms with Gasteiger partial charge in [-0.05, 0) is 49.1 Å². The molecule has 1 aliphatic rings. The minimum Gasteiger partial charge on any atom is 1.00 e. The van der Waals surface area contributed by atoms with Crippen molar-refractivity contribution in [3.8, 4) is 0 Å². The monoisotopic (exact) mass is 583 g/mol. The standard InChI is InChI=1S/C13H12N8OS4.ClH.2Cu/c1-6-2-7(4-14-20-10(23)16-17-11(20)24)9(22)8(3-6)5-15-21-12(25)18-19-13(21)26;;;/h2-5,14H,1H3,(H,16,23)(H,17,24)(H,18,25)(H,19,26);1H;;/q;;+1;+2/p-3/b7-4-,15-5-;;;. The molecule has 0 bridgehead atoms. The zero-order valence-electron chi connectivity index (χ0n) is 14.1. The number of rotatable bonds is 4. The third-order valence-electron chi connectivity index (χ3n) is 3.21. The summed E-state index contributed by atoms with van der Waals surface area (Å²) in [6, 6.07) is 0. The quantitative estimate of drug-likeness (QED) is 0.165. The normalized spacial score (nSPS) is 14.8. The van der Waals surface area contributed by atoms with E-state index in [0.717, 1.165) is 5.57 Å². The second-order valence-electron chi connectivity index (χ2n) is 5.06. The number of carbonyl (C=O) groups excluding carboxylic acids is 1. The molecule has 0 amide bonds. The Morgan fingerprint density at radius 1 is 1.21 bits per heavy atom. The second-order valence-corrected chi connectivity index (χ2v) is 6.56. The number of aromatic nitrogens is 6. The molecule has 1 aliphatic carbocycles. The van der Waals surface area contributed by atoms with Crippen molar-refractivity contribution in [1.82, 2.24) is 29.7 Å². The minimum absolute atomic E-state index is 0. The van der Waals surface area contributed by atoms with Crippen molar-refractivity contribution in [2.75, 3.05) is 5.43 Å². The number of aromatic amines is 2. The van der Waals surface area contributed by atoms with Gasteiger partial charge in [0.25, 0.3) is 0 Å². The molecule has 2 aromatic heterocycles. The first kappa shape index (κ1) is 25.9. The molecule has 0 radical (unpaired) electrons. The van der Waals surface area contributed by atoms with Crippen LogP contribution in [0.3, 0.4) is 0 Å². The number of nitrogens with zero attached hydrogens (tertiary/aromatic N) is 5. The number of nitrogens with one attached hydrogen (secondary N) is 3. The maximum atomic E-state index is 12.6. The van der Waals surface area contributed by atoms with Gasteiger partial charge in [-0.3, -0.25) is 20.4 Å². The Balaban J connectivity index is 0.00000136. The first-order valence-corrected chi connectivity index (χ1v) is 10.1. The molecule has 2 heterocycles. The first-order chi connectivity index (χ1) is 13.4. The summed E-state index contributed by atoms with van der Waals surface area (Å²) in [5, 5.41) is 17.2. The van der Waals surface area contributed by atoms with E-state index in [9.17, 15) is 4.79 Å². The molecule has 0 unspecified atom stereocenters. The molecule has 16 heteroatoms. The van der Waals surface area contributed by atoms with Crippen molar-refractivity contribution in [3.05, 3.63) is 44.6 Å². The molecule has 161 valence electrons. The Morgan fingerprint density at radius 2 is 1.83 bits per heavy atom. The number of allylic oxidation sites excluding steroid dienone is 5. The van der Waals surface area contributed by atoms with Crippen LogP contribution < -0.4 is 5.43 Å². The maximum Gasteiger partial charge on any atom is 1.00 e. The van der Waals surface area contributed by atoms with E-state index in [1.54, 1.807) is 12.2 Å². The molecule has 0 fully saturated rings. The summed E-state index contributed by atoms with van der Waals surface area (Å²) in [6.45, 7) is 1.86. The van der Waals surface area contributed by atoms with Gasteiger partial charge < -0.3 is 25.3 Å². The molecule has 3 rings (SSSR count). The molecule has 9 nitrogen and oxygen atoms in total. The molecule has 0 spiro atoms. The van der Waals surface area contributed by atoms with E-state index < -0.39 is 0 Å². The van der Waals surface area contributed by atoms with Crippen molar-refractivity contribution in [1.29, 1.82) is 0 Å². The average molecular weight is 585 g/mol. The molecule has 0 saturated heterocycles. The summed E-state index contributed by atoms with van der Waals surface area (Å²) in [4.78, 5) is 12.6. The van der Waals surface area contributed by atoms with E-state index in [0.29, 0.717) is 15.9 Å². The molecule has 3 N–H and O–H groups in total. The predicted molar refractivity (Wildman–Crippen MR) is 110 cm³/mol. The molecule has 2 aromatic rings. The van der Waals surface area contributed by atoms with Gasteiger partial charge in [-0.25, -0.2) is 9.35 Å². The van der Waals surface area contributed by atoms with Gasteiger partial charge in [0.15, 0.2) is 5.78 Å². The molecular formula is C13H10ClCu2N8OS4. The van der Waals surface area contributed by atoms with Crippen LogP contribution in [-0.4, -0.2) is 41.7 Å². The average Bonchev–Trinajstić information content (AvgIpc) is 3.17. The van der Waals surface area contributed by atoms with E-state index in [-0.39, 0.29) is 37.9 Å². The smallest absolute Gasteiger partial charge is 1.00 e. The van der Waals surface area contributed by atoms with Crippen molar-refractivity contribution >= 4 is 71.8 Å². The van der Waals surface area contributed by atoms with Gasteiger partial charge >= 0.3 is 42.3 Å². The summed E-state index contributed by atoms with van der Waals surface area (Å²) in [5.74, 6) is -0.242. The van der Waals surface area contributed by atoms with Crippen molar-refractivity contribution < 1.29 is 37.0 Å². The summed E-state index contributed by atoms with van der Waals surface area (Å²) < 4.78 is 3.16. The zero-order valence-corrected chi connectivity index (χ0v) is 20.0. The van der Waals surface area contributed by atoms with Gasteiger partial charge in [-0.2, -0.15) is 15.3 Å². The van der Waals surface area contributed by atoms with Crippen LogP contribution in [0.4, 0.5) is 0 Å². The van der Waals surface area contributed by atoms with E-state index in [1.165, 1.54) is 21.8 Å². The van der Waals surface area contributed by atoms with Gasteiger partial charge in [0.05, 0.1) is 6.21 Å². The third-order valence-corrected chi connectivity index (χ3v) is 4.29. The van der Waals surface area contributed by atoms with Crippen molar-refractivity contribution in [3.63, 3.8) is 0 Å². The minimum atomic E-state index is -0.242. The molecule has 29 heavy (non-hydrogen) atoms. The molecule has 0 saturated carbocycles. The second kappa shape index (κ2) is 11.9.